The Labute approximate surface area is 135 Å². The summed E-state index contributed by atoms with van der Waals surface area (Å²) in [7, 11) is 3.70. The Kier molecular flexibility index (Phi) is 5.15. The third kappa shape index (κ3) is 3.27. The topological polar surface area (TPSA) is 60.9 Å². The molecule has 1 aromatic carbocycles. The summed E-state index contributed by atoms with van der Waals surface area (Å²) in [5.74, 6) is -2.05. The number of nitrogens with zero attached hydrogens (tertiary/aromatic N) is 2. The highest BCUT2D eigenvalue weighted by Gasteiger charge is 2.43. The first-order chi connectivity index (χ1) is 10.9. The van der Waals surface area contributed by atoms with Gasteiger partial charge in [0.15, 0.2) is 11.5 Å². The van der Waals surface area contributed by atoms with Crippen molar-refractivity contribution < 1.29 is 19.1 Å². The van der Waals surface area contributed by atoms with Gasteiger partial charge in [-0.2, -0.15) is 0 Å². The number of halogens is 1. The van der Waals surface area contributed by atoms with Gasteiger partial charge in [0.1, 0.15) is 5.82 Å². The first-order valence-corrected chi connectivity index (χ1v) is 7.54. The predicted molar refractivity (Wildman–Crippen MR) is 84.4 cm³/mol. The molecule has 2 rings (SSSR count). The molecule has 0 spiro atoms. The molecular weight excluding hydrogens is 299 g/mol. The van der Waals surface area contributed by atoms with Gasteiger partial charge in [-0.15, -0.1) is 0 Å². The van der Waals surface area contributed by atoms with Crippen molar-refractivity contribution in [3.63, 3.8) is 0 Å². The van der Waals surface area contributed by atoms with E-state index in [0.29, 0.717) is 6.54 Å². The second kappa shape index (κ2) is 6.91. The summed E-state index contributed by atoms with van der Waals surface area (Å²) in [6.07, 6.45) is 0.138. The lowest BCUT2D eigenvalue weighted by atomic mass is 9.94. The molecule has 0 saturated carbocycles. The van der Waals surface area contributed by atoms with E-state index < -0.39 is 23.5 Å². The van der Waals surface area contributed by atoms with E-state index in [1.54, 1.807) is 19.1 Å². The minimum Gasteiger partial charge on any atom is -0.503 e. The lowest BCUT2D eigenvalue weighted by molar-refractivity contribution is -0.129. The van der Waals surface area contributed by atoms with Crippen molar-refractivity contribution >= 4 is 11.7 Å². The van der Waals surface area contributed by atoms with Crippen molar-refractivity contribution in [3.8, 4) is 0 Å². The maximum Gasteiger partial charge on any atom is 0.290 e. The highest BCUT2D eigenvalue weighted by atomic mass is 19.1. The molecule has 1 amide bonds. The van der Waals surface area contributed by atoms with Crippen LogP contribution in [0.25, 0.3) is 0 Å². The maximum atomic E-state index is 14.2. The van der Waals surface area contributed by atoms with Gasteiger partial charge in [-0.25, -0.2) is 4.39 Å². The number of hydrogen-bond donors (Lipinski definition) is 1. The summed E-state index contributed by atoms with van der Waals surface area (Å²) in [6.45, 7) is 2.47. The van der Waals surface area contributed by atoms with Crippen LogP contribution in [0.5, 0.6) is 0 Å². The summed E-state index contributed by atoms with van der Waals surface area (Å²) in [5, 5.41) is 10.1. The van der Waals surface area contributed by atoms with E-state index >= 15 is 0 Å². The fourth-order valence-corrected chi connectivity index (χ4v) is 2.69. The number of Topliss-reactive ketones (excluding diaryl/α,β-unsaturated/α-hetero) is 1. The number of aliphatic hydroxyl groups is 1. The zero-order valence-electron chi connectivity index (χ0n) is 13.5. The van der Waals surface area contributed by atoms with Crippen LogP contribution in [0.15, 0.2) is 35.6 Å². The average Bonchev–Trinajstić information content (AvgIpc) is 2.76. The Balaban J connectivity index is 2.50. The van der Waals surface area contributed by atoms with Crippen LogP contribution >= 0.6 is 0 Å². The number of likely N-dealkylation sites (N-methyl/N-ethyl adjacent to an activating group) is 1. The smallest absolute Gasteiger partial charge is 0.290 e. The van der Waals surface area contributed by atoms with Gasteiger partial charge in [0.05, 0.1) is 11.6 Å². The van der Waals surface area contributed by atoms with Gasteiger partial charge >= 0.3 is 0 Å². The first-order valence-electron chi connectivity index (χ1n) is 7.54. The zero-order valence-corrected chi connectivity index (χ0v) is 13.5. The molecule has 0 aliphatic carbocycles. The third-order valence-electron chi connectivity index (χ3n) is 3.91. The van der Waals surface area contributed by atoms with Crippen LogP contribution in [-0.2, 0) is 9.59 Å². The van der Waals surface area contributed by atoms with Crippen LogP contribution in [0.2, 0.25) is 0 Å². The minimum absolute atomic E-state index is 0.0126. The summed E-state index contributed by atoms with van der Waals surface area (Å²) in [6, 6.07) is 5.14. The van der Waals surface area contributed by atoms with Crippen LogP contribution in [-0.4, -0.2) is 53.8 Å². The molecule has 124 valence electrons. The van der Waals surface area contributed by atoms with Crippen molar-refractivity contribution in [1.82, 2.24) is 9.80 Å². The standard InChI is InChI=1S/C17H21FN2O3/c1-4-13(21)14-15(11-7-5-6-8-12(11)18)20(10-9-19(2)3)17(23)16(14)22/h5-8,15,22H,4,9-10H2,1-3H3. The van der Waals surface area contributed by atoms with Crippen molar-refractivity contribution in [1.29, 1.82) is 0 Å². The number of amides is 1. The van der Waals surface area contributed by atoms with E-state index in [4.69, 9.17) is 0 Å². The summed E-state index contributed by atoms with van der Waals surface area (Å²) < 4.78 is 14.2. The summed E-state index contributed by atoms with van der Waals surface area (Å²) in [4.78, 5) is 27.8. The van der Waals surface area contributed by atoms with Crippen molar-refractivity contribution in [2.75, 3.05) is 27.2 Å². The number of benzene rings is 1. The Morgan fingerprint density at radius 3 is 2.57 bits per heavy atom. The monoisotopic (exact) mass is 320 g/mol. The van der Waals surface area contributed by atoms with E-state index in [-0.39, 0.29) is 29.9 Å². The quantitative estimate of drug-likeness (QED) is 0.871. The molecular formula is C17H21FN2O3. The second-order valence-corrected chi connectivity index (χ2v) is 5.76. The highest BCUT2D eigenvalue weighted by Crippen LogP contribution is 2.38. The SMILES string of the molecule is CCC(=O)C1=C(O)C(=O)N(CCN(C)C)C1c1ccccc1F. The van der Waals surface area contributed by atoms with Crippen molar-refractivity contribution in [2.45, 2.75) is 19.4 Å². The molecule has 5 nitrogen and oxygen atoms in total. The molecule has 0 bridgehead atoms. The zero-order chi connectivity index (χ0) is 17.1. The largest absolute Gasteiger partial charge is 0.503 e. The molecule has 23 heavy (non-hydrogen) atoms. The maximum absolute atomic E-state index is 14.2. The van der Waals surface area contributed by atoms with Gasteiger partial charge in [0.25, 0.3) is 5.91 Å². The average molecular weight is 320 g/mol. The molecule has 0 fully saturated rings. The van der Waals surface area contributed by atoms with Crippen molar-refractivity contribution in [2.24, 2.45) is 0 Å². The molecule has 1 aliphatic rings. The van der Waals surface area contributed by atoms with E-state index in [1.807, 2.05) is 19.0 Å². The lowest BCUT2D eigenvalue weighted by Gasteiger charge is -2.28. The molecule has 1 heterocycles. The number of carbonyl (C=O) groups is 2. The van der Waals surface area contributed by atoms with E-state index in [0.717, 1.165) is 0 Å². The Hall–Kier alpha value is -2.21. The molecule has 0 aromatic heterocycles. The van der Waals surface area contributed by atoms with Gasteiger partial charge in [-0.05, 0) is 20.2 Å². The molecule has 1 unspecified atom stereocenters. The Morgan fingerprint density at radius 2 is 2.00 bits per heavy atom. The number of aliphatic hydroxyl groups excluding tert-OH is 1. The molecule has 1 aliphatic heterocycles. The third-order valence-corrected chi connectivity index (χ3v) is 3.91. The van der Waals surface area contributed by atoms with Gasteiger partial charge < -0.3 is 14.9 Å². The van der Waals surface area contributed by atoms with E-state index in [2.05, 4.69) is 0 Å². The lowest BCUT2D eigenvalue weighted by Crippen LogP contribution is -2.37. The van der Waals surface area contributed by atoms with Gasteiger partial charge in [0.2, 0.25) is 0 Å². The molecule has 6 heteroatoms. The number of rotatable bonds is 6. The number of carbonyl (C=O) groups excluding carboxylic acids is 2. The van der Waals surface area contributed by atoms with Crippen LogP contribution in [0.1, 0.15) is 24.9 Å². The van der Waals surface area contributed by atoms with Crippen LogP contribution in [0, 0.1) is 5.82 Å². The van der Waals surface area contributed by atoms with Gasteiger partial charge in [0, 0.05) is 25.1 Å². The first kappa shape index (κ1) is 17.1. The fourth-order valence-electron chi connectivity index (χ4n) is 2.69. The van der Waals surface area contributed by atoms with E-state index in [9.17, 15) is 19.1 Å². The fraction of sp³-hybridized carbons (Fsp3) is 0.412. The van der Waals surface area contributed by atoms with Crippen LogP contribution in [0.3, 0.4) is 0 Å². The van der Waals surface area contributed by atoms with Gasteiger partial charge in [-0.3, -0.25) is 9.59 Å². The second-order valence-electron chi connectivity index (χ2n) is 5.76. The van der Waals surface area contributed by atoms with E-state index in [1.165, 1.54) is 17.0 Å². The Morgan fingerprint density at radius 1 is 1.35 bits per heavy atom. The van der Waals surface area contributed by atoms with Gasteiger partial charge in [-0.1, -0.05) is 25.1 Å². The molecule has 1 atom stereocenters. The minimum atomic E-state index is -0.879. The normalized spacial score (nSPS) is 18.2. The highest BCUT2D eigenvalue weighted by molar-refractivity contribution is 6.08. The summed E-state index contributed by atoms with van der Waals surface area (Å²) in [5.41, 5.74) is 0.210. The summed E-state index contributed by atoms with van der Waals surface area (Å²) >= 11 is 0. The predicted octanol–water partition coefficient (Wildman–Crippen LogP) is 2.06. The molecule has 1 N–H and O–H groups in total. The molecule has 1 aromatic rings. The number of hydrogen-bond acceptors (Lipinski definition) is 4. The van der Waals surface area contributed by atoms with Crippen molar-refractivity contribution in [3.05, 3.63) is 47.0 Å². The molecule has 0 saturated heterocycles. The van der Waals surface area contributed by atoms with Crippen LogP contribution < -0.4 is 0 Å². The number of ketones is 1. The Bertz CT molecular complexity index is 655. The molecule has 0 radical (unpaired) electrons. The van der Waals surface area contributed by atoms with Crippen LogP contribution in [0.4, 0.5) is 4.39 Å².